The van der Waals surface area contributed by atoms with Crippen LogP contribution in [0.25, 0.3) is 0 Å². The lowest BCUT2D eigenvalue weighted by atomic mass is 10.2. The maximum Gasteiger partial charge on any atom is 0.357 e. The third-order valence-electron chi connectivity index (χ3n) is 2.90. The van der Waals surface area contributed by atoms with Crippen LogP contribution in [0.5, 0.6) is 0 Å². The zero-order valence-electron chi connectivity index (χ0n) is 12.2. The third-order valence-corrected chi connectivity index (χ3v) is 3.13. The van der Waals surface area contributed by atoms with E-state index in [0.717, 1.165) is 5.56 Å². The Morgan fingerprint density at radius 3 is 2.71 bits per heavy atom. The SMILES string of the molecule is Nc1c(C(=O)OCC(=O)NCc2cccc(Cl)c2)[nH]c(=O)[nH]c1=O. The molecular formula is C14H13ClN4O5. The molecule has 1 heterocycles. The summed E-state index contributed by atoms with van der Waals surface area (Å²) in [7, 11) is 0. The van der Waals surface area contributed by atoms with E-state index in [2.05, 4.69) is 5.32 Å². The molecule has 1 aromatic heterocycles. The highest BCUT2D eigenvalue weighted by molar-refractivity contribution is 6.30. The summed E-state index contributed by atoms with van der Waals surface area (Å²) in [5.41, 5.74) is 3.31. The maximum absolute atomic E-state index is 11.8. The van der Waals surface area contributed by atoms with E-state index in [-0.39, 0.29) is 6.54 Å². The molecule has 9 nitrogen and oxygen atoms in total. The van der Waals surface area contributed by atoms with E-state index in [9.17, 15) is 19.2 Å². The van der Waals surface area contributed by atoms with Crippen LogP contribution in [0, 0.1) is 0 Å². The zero-order valence-corrected chi connectivity index (χ0v) is 13.0. The Balaban J connectivity index is 1.91. The van der Waals surface area contributed by atoms with Crippen LogP contribution >= 0.6 is 11.6 Å². The molecule has 2 rings (SSSR count). The number of hydrogen-bond donors (Lipinski definition) is 4. The number of esters is 1. The quantitative estimate of drug-likeness (QED) is 0.546. The van der Waals surface area contributed by atoms with Gasteiger partial charge in [0.2, 0.25) is 0 Å². The smallest absolute Gasteiger partial charge is 0.357 e. The molecule has 0 bridgehead atoms. The summed E-state index contributed by atoms with van der Waals surface area (Å²) in [6.07, 6.45) is 0. The number of carbonyl (C=O) groups is 2. The molecule has 0 unspecified atom stereocenters. The molecule has 0 spiro atoms. The third kappa shape index (κ3) is 4.46. The number of carbonyl (C=O) groups excluding carboxylic acids is 2. The average molecular weight is 353 g/mol. The summed E-state index contributed by atoms with van der Waals surface area (Å²) < 4.78 is 4.71. The molecule has 1 aromatic carbocycles. The van der Waals surface area contributed by atoms with Crippen molar-refractivity contribution < 1.29 is 14.3 Å². The lowest BCUT2D eigenvalue weighted by Crippen LogP contribution is -2.32. The number of aromatic nitrogens is 2. The van der Waals surface area contributed by atoms with Gasteiger partial charge in [-0.25, -0.2) is 9.59 Å². The van der Waals surface area contributed by atoms with Gasteiger partial charge in [-0.05, 0) is 17.7 Å². The molecule has 5 N–H and O–H groups in total. The fraction of sp³-hybridized carbons (Fsp3) is 0.143. The molecule has 10 heteroatoms. The molecule has 24 heavy (non-hydrogen) atoms. The van der Waals surface area contributed by atoms with Crippen LogP contribution in [0.1, 0.15) is 16.1 Å². The Labute approximate surface area is 139 Å². The van der Waals surface area contributed by atoms with Crippen LogP contribution in [0.3, 0.4) is 0 Å². The number of nitrogen functional groups attached to an aromatic ring is 1. The highest BCUT2D eigenvalue weighted by Crippen LogP contribution is 2.10. The number of ether oxygens (including phenoxy) is 1. The molecule has 126 valence electrons. The summed E-state index contributed by atoms with van der Waals surface area (Å²) in [6, 6.07) is 6.87. The summed E-state index contributed by atoms with van der Waals surface area (Å²) in [4.78, 5) is 49.8. The second-order valence-electron chi connectivity index (χ2n) is 4.68. The Hall–Kier alpha value is -3.07. The molecule has 0 saturated carbocycles. The van der Waals surface area contributed by atoms with E-state index in [0.29, 0.717) is 5.02 Å². The summed E-state index contributed by atoms with van der Waals surface area (Å²) >= 11 is 5.82. The first-order valence-electron chi connectivity index (χ1n) is 6.67. The second-order valence-corrected chi connectivity index (χ2v) is 5.12. The lowest BCUT2D eigenvalue weighted by molar-refractivity contribution is -0.124. The largest absolute Gasteiger partial charge is 0.451 e. The van der Waals surface area contributed by atoms with Crippen LogP contribution in [0.2, 0.25) is 5.02 Å². The first kappa shape index (κ1) is 17.3. The van der Waals surface area contributed by atoms with Gasteiger partial charge in [0.1, 0.15) is 5.69 Å². The standard InChI is InChI=1S/C14H13ClN4O5/c15-8-3-1-2-7(4-8)5-17-9(20)6-24-13(22)11-10(16)12(21)19-14(23)18-11/h1-4H,5-6,16H2,(H,17,20)(H2,18,19,21,23). The highest BCUT2D eigenvalue weighted by atomic mass is 35.5. The molecule has 0 aliphatic heterocycles. The number of nitrogens with one attached hydrogen (secondary N) is 3. The highest BCUT2D eigenvalue weighted by Gasteiger charge is 2.17. The van der Waals surface area contributed by atoms with E-state index >= 15 is 0 Å². The van der Waals surface area contributed by atoms with Crippen molar-refractivity contribution in [2.75, 3.05) is 12.3 Å². The molecular weight excluding hydrogens is 340 g/mol. The molecule has 0 aliphatic carbocycles. The van der Waals surface area contributed by atoms with E-state index < -0.39 is 41.1 Å². The second kappa shape index (κ2) is 7.47. The van der Waals surface area contributed by atoms with Crippen molar-refractivity contribution in [3.05, 3.63) is 61.4 Å². The fourth-order valence-corrected chi connectivity index (χ4v) is 1.97. The van der Waals surface area contributed by atoms with Crippen LogP contribution in [0.4, 0.5) is 5.69 Å². The molecule has 0 aliphatic rings. The van der Waals surface area contributed by atoms with Crippen molar-refractivity contribution in [1.82, 2.24) is 15.3 Å². The van der Waals surface area contributed by atoms with Gasteiger partial charge in [-0.15, -0.1) is 0 Å². The molecule has 0 atom stereocenters. The first-order chi connectivity index (χ1) is 11.4. The van der Waals surface area contributed by atoms with Gasteiger partial charge in [-0.3, -0.25) is 19.6 Å². The Kier molecular flexibility index (Phi) is 5.38. The van der Waals surface area contributed by atoms with Gasteiger partial charge in [-0.1, -0.05) is 23.7 Å². The number of nitrogens with two attached hydrogens (primary N) is 1. The van der Waals surface area contributed by atoms with Crippen LogP contribution in [0.15, 0.2) is 33.9 Å². The Bertz CT molecular complexity index is 889. The number of amides is 1. The number of benzene rings is 1. The normalized spacial score (nSPS) is 10.2. The van der Waals surface area contributed by atoms with E-state index in [1.165, 1.54) is 0 Å². The zero-order chi connectivity index (χ0) is 17.7. The minimum atomic E-state index is -1.09. The maximum atomic E-state index is 11.8. The van der Waals surface area contributed by atoms with Crippen molar-refractivity contribution in [3.63, 3.8) is 0 Å². The monoisotopic (exact) mass is 352 g/mol. The minimum absolute atomic E-state index is 0.195. The first-order valence-corrected chi connectivity index (χ1v) is 7.05. The van der Waals surface area contributed by atoms with E-state index in [1.807, 2.05) is 9.97 Å². The molecule has 0 radical (unpaired) electrons. The predicted octanol–water partition coefficient (Wildman–Crippen LogP) is -0.228. The van der Waals surface area contributed by atoms with Gasteiger partial charge in [0.15, 0.2) is 12.3 Å². The van der Waals surface area contributed by atoms with E-state index in [1.54, 1.807) is 24.3 Å². The molecule has 2 aromatic rings. The van der Waals surface area contributed by atoms with Crippen molar-refractivity contribution in [1.29, 1.82) is 0 Å². The molecule has 0 saturated heterocycles. The van der Waals surface area contributed by atoms with Gasteiger partial charge in [0, 0.05) is 11.6 Å². The Morgan fingerprint density at radius 1 is 1.25 bits per heavy atom. The minimum Gasteiger partial charge on any atom is -0.451 e. The predicted molar refractivity (Wildman–Crippen MR) is 85.7 cm³/mol. The number of halogens is 1. The number of hydrogen-bond acceptors (Lipinski definition) is 6. The average Bonchev–Trinajstić information content (AvgIpc) is 2.54. The van der Waals surface area contributed by atoms with Crippen LogP contribution < -0.4 is 22.3 Å². The van der Waals surface area contributed by atoms with Crippen LogP contribution in [-0.4, -0.2) is 28.5 Å². The van der Waals surface area contributed by atoms with Crippen LogP contribution in [-0.2, 0) is 16.1 Å². The molecule has 1 amide bonds. The lowest BCUT2D eigenvalue weighted by Gasteiger charge is -2.07. The van der Waals surface area contributed by atoms with Gasteiger partial charge in [-0.2, -0.15) is 0 Å². The number of aromatic amines is 2. The van der Waals surface area contributed by atoms with Gasteiger partial charge in [0.25, 0.3) is 11.5 Å². The Morgan fingerprint density at radius 2 is 2.00 bits per heavy atom. The van der Waals surface area contributed by atoms with Gasteiger partial charge >= 0.3 is 11.7 Å². The van der Waals surface area contributed by atoms with Crippen molar-refractivity contribution in [3.8, 4) is 0 Å². The van der Waals surface area contributed by atoms with Gasteiger partial charge < -0.3 is 15.8 Å². The number of H-pyrrole nitrogens is 2. The van der Waals surface area contributed by atoms with E-state index in [4.69, 9.17) is 22.1 Å². The topological polar surface area (TPSA) is 147 Å². The fourth-order valence-electron chi connectivity index (χ4n) is 1.76. The number of rotatable bonds is 5. The summed E-state index contributed by atoms with van der Waals surface area (Å²) in [5.74, 6) is -1.66. The summed E-state index contributed by atoms with van der Waals surface area (Å²) in [6.45, 7) is -0.408. The van der Waals surface area contributed by atoms with Crippen molar-refractivity contribution in [2.45, 2.75) is 6.54 Å². The summed E-state index contributed by atoms with van der Waals surface area (Å²) in [5, 5.41) is 3.05. The molecule has 0 fully saturated rings. The number of anilines is 1. The van der Waals surface area contributed by atoms with Crippen molar-refractivity contribution >= 4 is 29.2 Å². The van der Waals surface area contributed by atoms with Crippen molar-refractivity contribution in [2.24, 2.45) is 0 Å². The van der Waals surface area contributed by atoms with Gasteiger partial charge in [0.05, 0.1) is 0 Å².